The van der Waals surface area contributed by atoms with E-state index in [-0.39, 0.29) is 0 Å². The summed E-state index contributed by atoms with van der Waals surface area (Å²) in [5.41, 5.74) is 3.72. The fraction of sp³-hybridized carbons (Fsp3) is 0.300. The van der Waals surface area contributed by atoms with Gasteiger partial charge in [-0.2, -0.15) is 5.10 Å². The number of hydrogen-bond donors (Lipinski definition) is 2. The van der Waals surface area contributed by atoms with Crippen LogP contribution in [0.25, 0.3) is 33.5 Å². The molecule has 0 saturated carbocycles. The molecular formula is C20H21N7O2. The first kappa shape index (κ1) is 17.8. The van der Waals surface area contributed by atoms with Crippen molar-refractivity contribution in [1.82, 2.24) is 35.7 Å². The zero-order chi connectivity index (χ0) is 19.5. The van der Waals surface area contributed by atoms with Gasteiger partial charge in [0, 0.05) is 36.1 Å². The number of hydrogen-bond acceptors (Lipinski definition) is 7. The Kier molecular flexibility index (Phi) is 4.89. The predicted octanol–water partition coefficient (Wildman–Crippen LogP) is 2.12. The van der Waals surface area contributed by atoms with Crippen LogP contribution in [0.5, 0.6) is 5.75 Å². The van der Waals surface area contributed by atoms with Gasteiger partial charge in [-0.25, -0.2) is 5.10 Å². The Morgan fingerprint density at radius 2 is 1.97 bits per heavy atom. The Morgan fingerprint density at radius 3 is 2.83 bits per heavy atom. The molecule has 1 fully saturated rings. The molecule has 9 nitrogen and oxygen atoms in total. The number of tetrazole rings is 1. The monoisotopic (exact) mass is 391 g/mol. The normalized spacial score (nSPS) is 15.0. The van der Waals surface area contributed by atoms with E-state index in [0.29, 0.717) is 12.4 Å². The van der Waals surface area contributed by atoms with E-state index in [4.69, 9.17) is 9.47 Å². The van der Waals surface area contributed by atoms with Crippen LogP contribution >= 0.6 is 0 Å². The average molecular weight is 391 g/mol. The van der Waals surface area contributed by atoms with Crippen LogP contribution in [0.4, 0.5) is 0 Å². The zero-order valence-corrected chi connectivity index (χ0v) is 15.8. The van der Waals surface area contributed by atoms with Gasteiger partial charge in [-0.3, -0.25) is 10.00 Å². The van der Waals surface area contributed by atoms with Crippen molar-refractivity contribution in [3.05, 3.63) is 42.5 Å². The summed E-state index contributed by atoms with van der Waals surface area (Å²) in [5.74, 6) is 1.46. The second-order valence-corrected chi connectivity index (χ2v) is 6.91. The molecule has 0 bridgehead atoms. The lowest BCUT2D eigenvalue weighted by atomic mass is 10.1. The van der Waals surface area contributed by atoms with Gasteiger partial charge in [-0.05, 0) is 40.8 Å². The van der Waals surface area contributed by atoms with Crippen LogP contribution in [0.15, 0.2) is 42.5 Å². The van der Waals surface area contributed by atoms with Crippen LogP contribution in [-0.2, 0) is 4.74 Å². The van der Waals surface area contributed by atoms with E-state index >= 15 is 0 Å². The van der Waals surface area contributed by atoms with Crippen molar-refractivity contribution >= 4 is 10.9 Å². The molecule has 9 heteroatoms. The number of nitrogens with zero attached hydrogens (tertiary/aromatic N) is 5. The number of fused-ring (bicyclic) bond motifs is 1. The van der Waals surface area contributed by atoms with Gasteiger partial charge in [-0.1, -0.05) is 12.1 Å². The molecule has 2 N–H and O–H groups in total. The predicted molar refractivity (Wildman–Crippen MR) is 107 cm³/mol. The first-order chi connectivity index (χ1) is 14.4. The van der Waals surface area contributed by atoms with Crippen molar-refractivity contribution in [2.75, 3.05) is 39.5 Å². The maximum absolute atomic E-state index is 5.99. The number of nitrogens with one attached hydrogen (secondary N) is 2. The number of morpholine rings is 1. The molecule has 3 heterocycles. The fourth-order valence-electron chi connectivity index (χ4n) is 3.51. The number of rotatable bonds is 6. The molecule has 4 aromatic rings. The molecule has 0 unspecified atom stereocenters. The molecule has 148 valence electrons. The highest BCUT2D eigenvalue weighted by atomic mass is 16.5. The van der Waals surface area contributed by atoms with Gasteiger partial charge in [0.15, 0.2) is 5.82 Å². The quantitative estimate of drug-likeness (QED) is 0.519. The second-order valence-electron chi connectivity index (χ2n) is 6.91. The topological polar surface area (TPSA) is 105 Å². The lowest BCUT2D eigenvalue weighted by Gasteiger charge is -2.26. The average Bonchev–Trinajstić information content (AvgIpc) is 3.44. The minimum Gasteiger partial charge on any atom is -0.492 e. The molecule has 0 spiro atoms. The van der Waals surface area contributed by atoms with Crippen LogP contribution in [0.2, 0.25) is 0 Å². The Bertz CT molecular complexity index is 1090. The van der Waals surface area contributed by atoms with Crippen molar-refractivity contribution in [3.8, 4) is 28.4 Å². The summed E-state index contributed by atoms with van der Waals surface area (Å²) in [4.78, 5) is 2.36. The summed E-state index contributed by atoms with van der Waals surface area (Å²) < 4.78 is 11.4. The molecule has 0 atom stereocenters. The van der Waals surface area contributed by atoms with E-state index < -0.39 is 0 Å². The van der Waals surface area contributed by atoms with Crippen molar-refractivity contribution in [3.63, 3.8) is 0 Å². The smallest absolute Gasteiger partial charge is 0.179 e. The van der Waals surface area contributed by atoms with E-state index in [0.717, 1.165) is 66.3 Å². The molecule has 0 aliphatic carbocycles. The number of H-pyrrole nitrogens is 2. The van der Waals surface area contributed by atoms with Crippen LogP contribution < -0.4 is 4.74 Å². The SMILES string of the molecule is c1cc(OCCN2CCOCC2)cc(-c2n[nH]c3ccc(-c4nnn[nH]4)cc23)c1. The minimum absolute atomic E-state index is 0.624. The van der Waals surface area contributed by atoms with Crippen LogP contribution in [0.3, 0.4) is 0 Å². The van der Waals surface area contributed by atoms with E-state index in [1.165, 1.54) is 0 Å². The molecule has 29 heavy (non-hydrogen) atoms. The zero-order valence-electron chi connectivity index (χ0n) is 15.8. The first-order valence-electron chi connectivity index (χ1n) is 9.62. The van der Waals surface area contributed by atoms with Gasteiger partial charge in [0.2, 0.25) is 0 Å². The van der Waals surface area contributed by atoms with Crippen molar-refractivity contribution in [1.29, 1.82) is 0 Å². The number of ether oxygens (including phenoxy) is 2. The van der Waals surface area contributed by atoms with Crippen molar-refractivity contribution in [2.24, 2.45) is 0 Å². The summed E-state index contributed by atoms with van der Waals surface area (Å²) in [7, 11) is 0. The summed E-state index contributed by atoms with van der Waals surface area (Å²) in [6, 6.07) is 14.0. The number of benzene rings is 2. The third-order valence-corrected chi connectivity index (χ3v) is 5.07. The lowest BCUT2D eigenvalue weighted by Crippen LogP contribution is -2.38. The number of aromatic amines is 2. The van der Waals surface area contributed by atoms with Gasteiger partial charge in [-0.15, -0.1) is 5.10 Å². The highest BCUT2D eigenvalue weighted by molar-refractivity contribution is 5.95. The molecule has 5 rings (SSSR count). The Balaban J connectivity index is 1.36. The molecular weight excluding hydrogens is 370 g/mol. The van der Waals surface area contributed by atoms with E-state index in [9.17, 15) is 0 Å². The summed E-state index contributed by atoms with van der Waals surface area (Å²) in [6.07, 6.45) is 0. The van der Waals surface area contributed by atoms with Crippen molar-refractivity contribution < 1.29 is 9.47 Å². The summed E-state index contributed by atoms with van der Waals surface area (Å²) in [5, 5.41) is 22.7. The van der Waals surface area contributed by atoms with Gasteiger partial charge in [0.25, 0.3) is 0 Å². The van der Waals surface area contributed by atoms with Crippen LogP contribution in [0, 0.1) is 0 Å². The van der Waals surface area contributed by atoms with E-state index in [1.54, 1.807) is 0 Å². The molecule has 0 radical (unpaired) electrons. The van der Waals surface area contributed by atoms with E-state index in [2.05, 4.69) is 35.7 Å². The van der Waals surface area contributed by atoms with E-state index in [1.807, 2.05) is 42.5 Å². The Labute approximate surface area is 167 Å². The van der Waals surface area contributed by atoms with Gasteiger partial charge in [0.05, 0.1) is 18.7 Å². The third kappa shape index (κ3) is 3.82. The highest BCUT2D eigenvalue weighted by Gasteiger charge is 2.13. The number of aromatic nitrogens is 6. The van der Waals surface area contributed by atoms with Crippen molar-refractivity contribution in [2.45, 2.75) is 0 Å². The largest absolute Gasteiger partial charge is 0.492 e. The highest BCUT2D eigenvalue weighted by Crippen LogP contribution is 2.31. The maximum Gasteiger partial charge on any atom is 0.179 e. The lowest BCUT2D eigenvalue weighted by molar-refractivity contribution is 0.0322. The summed E-state index contributed by atoms with van der Waals surface area (Å²) >= 11 is 0. The van der Waals surface area contributed by atoms with Gasteiger partial charge < -0.3 is 9.47 Å². The molecule has 2 aromatic carbocycles. The Hall–Kier alpha value is -3.30. The molecule has 0 amide bonds. The first-order valence-corrected chi connectivity index (χ1v) is 9.62. The maximum atomic E-state index is 5.99. The van der Waals surface area contributed by atoms with Crippen LogP contribution in [-0.4, -0.2) is 75.2 Å². The minimum atomic E-state index is 0.624. The van der Waals surface area contributed by atoms with Gasteiger partial charge in [0.1, 0.15) is 18.1 Å². The second kappa shape index (κ2) is 7.98. The molecule has 1 aliphatic heterocycles. The molecule has 2 aromatic heterocycles. The third-order valence-electron chi connectivity index (χ3n) is 5.07. The standard InChI is InChI=1S/C20H21N7O2/c1-2-14(12-16(3-1)29-11-8-27-6-9-28-10-7-27)19-17-13-15(20-23-25-26-24-20)4-5-18(17)21-22-19/h1-5,12-13H,6-11H2,(H,21,22)(H,23,24,25,26). The van der Waals surface area contributed by atoms with Crippen LogP contribution in [0.1, 0.15) is 0 Å². The Morgan fingerprint density at radius 1 is 1.03 bits per heavy atom. The van der Waals surface area contributed by atoms with Gasteiger partial charge >= 0.3 is 0 Å². The molecule has 1 aliphatic rings. The fourth-order valence-corrected chi connectivity index (χ4v) is 3.51. The molecule has 1 saturated heterocycles. The summed E-state index contributed by atoms with van der Waals surface area (Å²) in [6.45, 7) is 5.07.